The third-order valence-electron chi connectivity index (χ3n) is 2.93. The van der Waals surface area contributed by atoms with Gasteiger partial charge in [0.05, 0.1) is 0 Å². The van der Waals surface area contributed by atoms with Crippen molar-refractivity contribution in [1.82, 2.24) is 10.3 Å². The highest BCUT2D eigenvalue weighted by molar-refractivity contribution is 5.96. The summed E-state index contributed by atoms with van der Waals surface area (Å²) in [6, 6.07) is 7.60. The number of aromatic nitrogens is 1. The van der Waals surface area contributed by atoms with Crippen LogP contribution in [0.3, 0.4) is 0 Å². The van der Waals surface area contributed by atoms with E-state index in [1.165, 1.54) is 42.7 Å². The average molecular weight is 288 g/mol. The minimum absolute atomic E-state index is 0.126. The number of carboxylic acids is 1. The SMILES string of the molecule is O=C(N[C@H](Cc1ccccc1F)C(=O)O)c1ccncc1. The van der Waals surface area contributed by atoms with Crippen LogP contribution in [0.4, 0.5) is 4.39 Å². The fourth-order valence-electron chi connectivity index (χ4n) is 1.83. The molecule has 1 amide bonds. The van der Waals surface area contributed by atoms with Gasteiger partial charge in [0.25, 0.3) is 5.91 Å². The number of pyridine rings is 1. The van der Waals surface area contributed by atoms with Gasteiger partial charge in [0.15, 0.2) is 0 Å². The number of hydrogen-bond acceptors (Lipinski definition) is 3. The summed E-state index contributed by atoms with van der Waals surface area (Å²) < 4.78 is 13.6. The van der Waals surface area contributed by atoms with E-state index in [9.17, 15) is 19.1 Å². The predicted molar refractivity (Wildman–Crippen MR) is 73.2 cm³/mol. The van der Waals surface area contributed by atoms with Gasteiger partial charge in [0.1, 0.15) is 11.9 Å². The van der Waals surface area contributed by atoms with E-state index in [0.717, 1.165) is 0 Å². The first-order valence-electron chi connectivity index (χ1n) is 6.25. The van der Waals surface area contributed by atoms with Crippen LogP contribution in [-0.2, 0) is 11.2 Å². The van der Waals surface area contributed by atoms with E-state index in [0.29, 0.717) is 5.56 Å². The van der Waals surface area contributed by atoms with Crippen LogP contribution in [0.25, 0.3) is 0 Å². The molecular weight excluding hydrogens is 275 g/mol. The van der Waals surface area contributed by atoms with Crippen LogP contribution in [0.1, 0.15) is 15.9 Å². The molecule has 21 heavy (non-hydrogen) atoms. The Kier molecular flexibility index (Phi) is 4.61. The van der Waals surface area contributed by atoms with E-state index in [2.05, 4.69) is 10.3 Å². The first-order valence-corrected chi connectivity index (χ1v) is 6.25. The Morgan fingerprint density at radius 3 is 2.48 bits per heavy atom. The number of carboxylic acid groups (broad SMARTS) is 1. The molecule has 6 heteroatoms. The van der Waals surface area contributed by atoms with E-state index in [1.54, 1.807) is 6.07 Å². The molecule has 108 valence electrons. The second kappa shape index (κ2) is 6.60. The summed E-state index contributed by atoms with van der Waals surface area (Å²) in [5.41, 5.74) is 0.532. The smallest absolute Gasteiger partial charge is 0.326 e. The molecular formula is C15H13FN2O3. The van der Waals surface area contributed by atoms with E-state index >= 15 is 0 Å². The molecule has 0 spiro atoms. The van der Waals surface area contributed by atoms with Crippen molar-refractivity contribution in [2.75, 3.05) is 0 Å². The number of carbonyl (C=O) groups is 2. The van der Waals surface area contributed by atoms with E-state index in [4.69, 9.17) is 0 Å². The molecule has 1 aromatic carbocycles. The Morgan fingerprint density at radius 2 is 1.86 bits per heavy atom. The van der Waals surface area contributed by atoms with Crippen LogP contribution in [-0.4, -0.2) is 28.0 Å². The molecule has 5 nitrogen and oxygen atoms in total. The number of amides is 1. The zero-order valence-corrected chi connectivity index (χ0v) is 11.0. The maximum absolute atomic E-state index is 13.6. The molecule has 2 aromatic rings. The fourth-order valence-corrected chi connectivity index (χ4v) is 1.83. The second-order valence-corrected chi connectivity index (χ2v) is 4.40. The first-order chi connectivity index (χ1) is 10.1. The fraction of sp³-hybridized carbons (Fsp3) is 0.133. The summed E-state index contributed by atoms with van der Waals surface area (Å²) in [5.74, 6) is -2.26. The maximum Gasteiger partial charge on any atom is 0.326 e. The number of halogens is 1. The minimum atomic E-state index is -1.22. The Morgan fingerprint density at radius 1 is 1.19 bits per heavy atom. The molecule has 0 aliphatic rings. The summed E-state index contributed by atoms with van der Waals surface area (Å²) in [7, 11) is 0. The van der Waals surface area contributed by atoms with Gasteiger partial charge in [-0.2, -0.15) is 0 Å². The van der Waals surface area contributed by atoms with Gasteiger partial charge in [0.2, 0.25) is 0 Å². The van der Waals surface area contributed by atoms with Gasteiger partial charge in [0, 0.05) is 24.4 Å². The monoisotopic (exact) mass is 288 g/mol. The van der Waals surface area contributed by atoms with Crippen molar-refractivity contribution < 1.29 is 19.1 Å². The number of benzene rings is 1. The van der Waals surface area contributed by atoms with Crippen molar-refractivity contribution in [3.8, 4) is 0 Å². The van der Waals surface area contributed by atoms with Gasteiger partial charge in [-0.05, 0) is 23.8 Å². The standard InChI is InChI=1S/C15H13FN2O3/c16-12-4-2-1-3-11(12)9-13(15(20)21)18-14(19)10-5-7-17-8-6-10/h1-8,13H,9H2,(H,18,19)(H,20,21)/t13-/m1/s1. The van der Waals surface area contributed by atoms with Gasteiger partial charge < -0.3 is 10.4 Å². The number of nitrogens with zero attached hydrogens (tertiary/aromatic N) is 1. The van der Waals surface area contributed by atoms with Crippen LogP contribution >= 0.6 is 0 Å². The third-order valence-corrected chi connectivity index (χ3v) is 2.93. The van der Waals surface area contributed by atoms with Crippen LogP contribution in [0.2, 0.25) is 0 Å². The number of rotatable bonds is 5. The molecule has 0 unspecified atom stereocenters. The predicted octanol–water partition coefficient (Wildman–Crippen LogP) is 1.65. The summed E-state index contributed by atoms with van der Waals surface area (Å²) >= 11 is 0. The topological polar surface area (TPSA) is 79.3 Å². The first kappa shape index (κ1) is 14.6. The van der Waals surface area contributed by atoms with Gasteiger partial charge in [-0.25, -0.2) is 9.18 Å². The van der Waals surface area contributed by atoms with Crippen molar-refractivity contribution in [1.29, 1.82) is 0 Å². The molecule has 2 N–H and O–H groups in total. The van der Waals surface area contributed by atoms with Crippen molar-refractivity contribution in [3.05, 3.63) is 65.7 Å². The lowest BCUT2D eigenvalue weighted by molar-refractivity contribution is -0.139. The Labute approximate surface area is 120 Å². The zero-order valence-electron chi connectivity index (χ0n) is 11.0. The van der Waals surface area contributed by atoms with Crippen LogP contribution in [0, 0.1) is 5.82 Å². The molecule has 1 atom stereocenters. The number of aliphatic carboxylic acids is 1. The summed E-state index contributed by atoms with van der Waals surface area (Å²) in [6.45, 7) is 0. The molecule has 1 aromatic heterocycles. The molecule has 2 rings (SSSR count). The second-order valence-electron chi connectivity index (χ2n) is 4.40. The maximum atomic E-state index is 13.6. The molecule has 1 heterocycles. The lowest BCUT2D eigenvalue weighted by atomic mass is 10.0. The van der Waals surface area contributed by atoms with Crippen molar-refractivity contribution >= 4 is 11.9 Å². The third kappa shape index (κ3) is 3.85. The highest BCUT2D eigenvalue weighted by atomic mass is 19.1. The molecule has 0 fully saturated rings. The summed E-state index contributed by atoms with van der Waals surface area (Å²) in [5, 5.41) is 11.5. The van der Waals surface area contributed by atoms with Crippen LogP contribution < -0.4 is 5.32 Å². The lowest BCUT2D eigenvalue weighted by Gasteiger charge is -2.15. The molecule has 0 saturated carbocycles. The highest BCUT2D eigenvalue weighted by Crippen LogP contribution is 2.10. The Balaban J connectivity index is 2.12. The largest absolute Gasteiger partial charge is 0.480 e. The lowest BCUT2D eigenvalue weighted by Crippen LogP contribution is -2.42. The average Bonchev–Trinajstić information content (AvgIpc) is 2.49. The summed E-state index contributed by atoms with van der Waals surface area (Å²) in [6.07, 6.45) is 2.74. The molecule has 0 saturated heterocycles. The van der Waals surface area contributed by atoms with Crippen molar-refractivity contribution in [3.63, 3.8) is 0 Å². The highest BCUT2D eigenvalue weighted by Gasteiger charge is 2.22. The minimum Gasteiger partial charge on any atom is -0.480 e. The Hall–Kier alpha value is -2.76. The number of hydrogen-bond donors (Lipinski definition) is 2. The van der Waals surface area contributed by atoms with Crippen LogP contribution in [0.5, 0.6) is 0 Å². The summed E-state index contributed by atoms with van der Waals surface area (Å²) in [4.78, 5) is 26.9. The van der Waals surface area contributed by atoms with Gasteiger partial charge in [-0.15, -0.1) is 0 Å². The van der Waals surface area contributed by atoms with E-state index < -0.39 is 23.7 Å². The van der Waals surface area contributed by atoms with Crippen molar-refractivity contribution in [2.24, 2.45) is 0 Å². The van der Waals surface area contributed by atoms with Gasteiger partial charge in [-0.1, -0.05) is 18.2 Å². The van der Waals surface area contributed by atoms with Gasteiger partial charge in [-0.3, -0.25) is 9.78 Å². The Bertz CT molecular complexity index is 646. The van der Waals surface area contributed by atoms with Crippen molar-refractivity contribution in [2.45, 2.75) is 12.5 Å². The quantitative estimate of drug-likeness (QED) is 0.876. The van der Waals surface area contributed by atoms with Gasteiger partial charge >= 0.3 is 5.97 Å². The normalized spacial score (nSPS) is 11.7. The number of carbonyl (C=O) groups excluding carboxylic acids is 1. The molecule has 0 radical (unpaired) electrons. The number of nitrogens with one attached hydrogen (secondary N) is 1. The van der Waals surface area contributed by atoms with Crippen LogP contribution in [0.15, 0.2) is 48.8 Å². The molecule has 0 aliphatic carbocycles. The molecule has 0 bridgehead atoms. The zero-order chi connectivity index (χ0) is 15.2. The van der Waals surface area contributed by atoms with E-state index in [1.807, 2.05) is 0 Å². The molecule has 0 aliphatic heterocycles. The van der Waals surface area contributed by atoms with E-state index in [-0.39, 0.29) is 12.0 Å².